The van der Waals surface area contributed by atoms with Gasteiger partial charge in [-0.3, -0.25) is 4.79 Å². The molecule has 0 aliphatic heterocycles. The van der Waals surface area contributed by atoms with Gasteiger partial charge in [0.15, 0.2) is 0 Å². The minimum Gasteiger partial charge on any atom is -0.497 e. The Morgan fingerprint density at radius 3 is 3.00 bits per heavy atom. The Bertz CT molecular complexity index is 714. The number of hydrogen-bond acceptors (Lipinski definition) is 4. The fraction of sp³-hybridized carbons (Fsp3) is 0.188. The monoisotopic (exact) mass is 296 g/mol. The van der Waals surface area contributed by atoms with Crippen molar-refractivity contribution in [2.45, 2.75) is 13.0 Å². The number of H-pyrrole nitrogens is 1. The van der Waals surface area contributed by atoms with E-state index in [-0.39, 0.29) is 11.6 Å². The molecule has 1 amide bonds. The average Bonchev–Trinajstić information content (AvgIpc) is 3.05. The topological polar surface area (TPSA) is 90.8 Å². The van der Waals surface area contributed by atoms with Crippen molar-refractivity contribution in [2.75, 3.05) is 7.11 Å². The molecule has 0 spiro atoms. The zero-order valence-corrected chi connectivity index (χ0v) is 12.3. The number of amides is 1. The zero-order chi connectivity index (χ0) is 15.9. The number of methoxy groups -OCH3 is 1. The van der Waals surface area contributed by atoms with Crippen molar-refractivity contribution in [1.82, 2.24) is 15.3 Å². The van der Waals surface area contributed by atoms with E-state index in [0.717, 1.165) is 5.56 Å². The molecule has 2 N–H and O–H groups in total. The van der Waals surface area contributed by atoms with Crippen molar-refractivity contribution in [3.05, 3.63) is 53.6 Å². The summed E-state index contributed by atoms with van der Waals surface area (Å²) in [5.74, 6) is 0.722. The highest BCUT2D eigenvalue weighted by atomic mass is 16.5. The number of aromatic amines is 1. The summed E-state index contributed by atoms with van der Waals surface area (Å²) in [6, 6.07) is 9.03. The predicted molar refractivity (Wildman–Crippen MR) is 81.7 cm³/mol. The number of imidazole rings is 1. The molecule has 6 nitrogen and oxygen atoms in total. The lowest BCUT2D eigenvalue weighted by atomic mass is 10.1. The molecule has 112 valence electrons. The highest BCUT2D eigenvalue weighted by Crippen LogP contribution is 2.19. The van der Waals surface area contributed by atoms with Crippen LogP contribution in [0.25, 0.3) is 6.08 Å². The van der Waals surface area contributed by atoms with Gasteiger partial charge in [0.1, 0.15) is 23.2 Å². The van der Waals surface area contributed by atoms with Crippen molar-refractivity contribution in [2.24, 2.45) is 0 Å². The van der Waals surface area contributed by atoms with Gasteiger partial charge < -0.3 is 15.0 Å². The maximum absolute atomic E-state index is 12.2. The molecule has 1 aromatic heterocycles. The molecule has 0 bridgehead atoms. The molecule has 1 atom stereocenters. The van der Waals surface area contributed by atoms with Gasteiger partial charge in [0.05, 0.1) is 13.2 Å². The van der Waals surface area contributed by atoms with Crippen molar-refractivity contribution in [1.29, 1.82) is 5.26 Å². The van der Waals surface area contributed by atoms with Crippen LogP contribution in [0.4, 0.5) is 0 Å². The third kappa shape index (κ3) is 3.73. The molecular weight excluding hydrogens is 280 g/mol. The highest BCUT2D eigenvalue weighted by Gasteiger charge is 2.14. The Hall–Kier alpha value is -3.07. The Balaban J connectivity index is 2.11. The van der Waals surface area contributed by atoms with Crippen LogP contribution in [0.3, 0.4) is 0 Å². The first-order valence-corrected chi connectivity index (χ1v) is 6.70. The normalized spacial score (nSPS) is 12.3. The van der Waals surface area contributed by atoms with Crippen LogP contribution < -0.4 is 10.1 Å². The second kappa shape index (κ2) is 7.09. The number of aromatic nitrogens is 2. The van der Waals surface area contributed by atoms with E-state index in [9.17, 15) is 4.79 Å². The highest BCUT2D eigenvalue weighted by molar-refractivity contribution is 6.01. The van der Waals surface area contributed by atoms with Gasteiger partial charge in [-0.25, -0.2) is 4.98 Å². The second-order valence-electron chi connectivity index (χ2n) is 4.62. The Morgan fingerprint density at radius 2 is 2.36 bits per heavy atom. The lowest BCUT2D eigenvalue weighted by Crippen LogP contribution is -2.27. The third-order valence-corrected chi connectivity index (χ3v) is 3.11. The molecule has 2 aromatic rings. The first kappa shape index (κ1) is 15.3. The number of benzene rings is 1. The summed E-state index contributed by atoms with van der Waals surface area (Å²) in [7, 11) is 1.59. The molecule has 0 radical (unpaired) electrons. The van der Waals surface area contributed by atoms with Gasteiger partial charge in [-0.15, -0.1) is 0 Å². The molecule has 0 unspecified atom stereocenters. The summed E-state index contributed by atoms with van der Waals surface area (Å²) < 4.78 is 5.16. The van der Waals surface area contributed by atoms with E-state index in [1.807, 2.05) is 37.3 Å². The van der Waals surface area contributed by atoms with Crippen LogP contribution in [-0.4, -0.2) is 23.0 Å². The van der Waals surface area contributed by atoms with E-state index in [2.05, 4.69) is 15.3 Å². The molecule has 2 rings (SSSR count). The standard InChI is InChI=1S/C16H16N4O2/c1-11(12-4-3-5-14(8-12)22-2)20-16(21)13(10-17)9-15-18-6-7-19-15/h3-9,11H,1-2H3,(H,18,19)(H,20,21)/t11-/m0/s1. The number of ether oxygens (including phenoxy) is 1. The minimum absolute atomic E-state index is 0.00954. The molecule has 22 heavy (non-hydrogen) atoms. The van der Waals surface area contributed by atoms with Crippen molar-refractivity contribution in [3.63, 3.8) is 0 Å². The van der Waals surface area contributed by atoms with Gasteiger partial charge in [0.25, 0.3) is 5.91 Å². The lowest BCUT2D eigenvalue weighted by molar-refractivity contribution is -0.117. The van der Waals surface area contributed by atoms with E-state index in [4.69, 9.17) is 10.00 Å². The van der Waals surface area contributed by atoms with Gasteiger partial charge in [-0.2, -0.15) is 5.26 Å². The summed E-state index contributed by atoms with van der Waals surface area (Å²) in [4.78, 5) is 19.0. The van der Waals surface area contributed by atoms with Crippen LogP contribution in [0.2, 0.25) is 0 Å². The number of rotatable bonds is 5. The van der Waals surface area contributed by atoms with Crippen LogP contribution in [0, 0.1) is 11.3 Å². The molecule has 0 saturated heterocycles. The zero-order valence-electron chi connectivity index (χ0n) is 12.3. The van der Waals surface area contributed by atoms with Crippen molar-refractivity contribution < 1.29 is 9.53 Å². The maximum atomic E-state index is 12.2. The minimum atomic E-state index is -0.450. The van der Waals surface area contributed by atoms with Crippen LogP contribution in [0.15, 0.2) is 42.2 Å². The molecule has 0 saturated carbocycles. The smallest absolute Gasteiger partial charge is 0.262 e. The number of carbonyl (C=O) groups excluding carboxylic acids is 1. The van der Waals surface area contributed by atoms with E-state index in [0.29, 0.717) is 11.6 Å². The lowest BCUT2D eigenvalue weighted by Gasteiger charge is -2.14. The van der Waals surface area contributed by atoms with Gasteiger partial charge in [-0.1, -0.05) is 12.1 Å². The average molecular weight is 296 g/mol. The first-order chi connectivity index (χ1) is 10.6. The molecule has 1 aromatic carbocycles. The van der Waals surface area contributed by atoms with Gasteiger partial charge >= 0.3 is 0 Å². The van der Waals surface area contributed by atoms with E-state index in [1.54, 1.807) is 19.5 Å². The van der Waals surface area contributed by atoms with Gasteiger partial charge in [0, 0.05) is 18.5 Å². The first-order valence-electron chi connectivity index (χ1n) is 6.70. The number of hydrogen-bond donors (Lipinski definition) is 2. The summed E-state index contributed by atoms with van der Waals surface area (Å²) in [5.41, 5.74) is 0.882. The third-order valence-electron chi connectivity index (χ3n) is 3.11. The number of carbonyl (C=O) groups is 1. The van der Waals surface area contributed by atoms with Crippen LogP contribution in [-0.2, 0) is 4.79 Å². The van der Waals surface area contributed by atoms with Gasteiger partial charge in [0.2, 0.25) is 0 Å². The Labute approximate surface area is 128 Å². The fourth-order valence-electron chi connectivity index (χ4n) is 1.91. The van der Waals surface area contributed by atoms with Crippen molar-refractivity contribution in [3.8, 4) is 11.8 Å². The van der Waals surface area contributed by atoms with Crippen LogP contribution in [0.1, 0.15) is 24.4 Å². The SMILES string of the molecule is COc1cccc([C@H](C)NC(=O)C(C#N)=Cc2ncc[nH]2)c1. The fourth-order valence-corrected chi connectivity index (χ4v) is 1.91. The second-order valence-corrected chi connectivity index (χ2v) is 4.62. The summed E-state index contributed by atoms with van der Waals surface area (Å²) in [6.45, 7) is 1.84. The van der Waals surface area contributed by atoms with Gasteiger partial charge in [-0.05, 0) is 24.6 Å². The number of nitrogens with zero attached hydrogens (tertiary/aromatic N) is 2. The molecule has 0 aliphatic carbocycles. The molecular formula is C16H16N4O2. The molecule has 0 fully saturated rings. The molecule has 1 heterocycles. The summed E-state index contributed by atoms with van der Waals surface area (Å²) >= 11 is 0. The number of nitrogens with one attached hydrogen (secondary N) is 2. The Kier molecular flexibility index (Phi) is 4.94. The largest absolute Gasteiger partial charge is 0.497 e. The van der Waals surface area contributed by atoms with Crippen LogP contribution >= 0.6 is 0 Å². The van der Waals surface area contributed by atoms with Crippen LogP contribution in [0.5, 0.6) is 5.75 Å². The maximum Gasteiger partial charge on any atom is 0.262 e. The van der Waals surface area contributed by atoms with E-state index in [1.165, 1.54) is 6.08 Å². The summed E-state index contributed by atoms with van der Waals surface area (Å²) in [6.07, 6.45) is 4.59. The van der Waals surface area contributed by atoms with E-state index < -0.39 is 5.91 Å². The molecule has 6 heteroatoms. The quantitative estimate of drug-likeness (QED) is 0.653. The molecule has 0 aliphatic rings. The van der Waals surface area contributed by atoms with Crippen molar-refractivity contribution >= 4 is 12.0 Å². The van der Waals surface area contributed by atoms with E-state index >= 15 is 0 Å². The number of nitriles is 1. The summed E-state index contributed by atoms with van der Waals surface area (Å²) in [5, 5.41) is 11.9. The predicted octanol–water partition coefficient (Wildman–Crippen LogP) is 2.20. The Morgan fingerprint density at radius 1 is 1.55 bits per heavy atom.